The minimum Gasteiger partial charge on any atom is -0.508 e. The van der Waals surface area contributed by atoms with Crippen LogP contribution in [0.25, 0.3) is 5.57 Å². The monoisotopic (exact) mass is 573 g/mol. The van der Waals surface area contributed by atoms with Gasteiger partial charge in [-0.3, -0.25) is 24.1 Å². The summed E-state index contributed by atoms with van der Waals surface area (Å²) in [5, 5.41) is 10.4. The van der Waals surface area contributed by atoms with E-state index in [0.29, 0.717) is 34.4 Å². The van der Waals surface area contributed by atoms with Gasteiger partial charge in [0, 0.05) is 36.1 Å². The van der Waals surface area contributed by atoms with Gasteiger partial charge in [0.15, 0.2) is 11.6 Å². The second-order valence-electron chi connectivity index (χ2n) is 11.9. The van der Waals surface area contributed by atoms with Crippen LogP contribution in [-0.4, -0.2) is 47.5 Å². The molecule has 7 rings (SSSR count). The summed E-state index contributed by atoms with van der Waals surface area (Å²) in [4.78, 5) is 57.7. The number of rotatable bonds is 4. The molecule has 0 aromatic heterocycles. The molecule has 2 amide bonds. The topological polar surface area (TPSA) is 101 Å². The number of hydrogen-bond donors (Lipinski definition) is 1. The molecular weight excluding hydrogens is 542 g/mol. The van der Waals surface area contributed by atoms with Crippen molar-refractivity contribution in [1.82, 2.24) is 4.90 Å². The van der Waals surface area contributed by atoms with Crippen LogP contribution in [0.1, 0.15) is 35.4 Å². The van der Waals surface area contributed by atoms with Gasteiger partial charge in [-0.25, -0.2) is 0 Å². The van der Waals surface area contributed by atoms with Gasteiger partial charge in [0.25, 0.3) is 0 Å². The van der Waals surface area contributed by atoms with Crippen LogP contribution >= 0.6 is 0 Å². The average Bonchev–Trinajstić information content (AvgIpc) is 3.26. The predicted octanol–water partition coefficient (Wildman–Crippen LogP) is 4.86. The number of carbonyl (C=O) groups excluding carboxylic acids is 4. The number of methoxy groups -OCH3 is 1. The summed E-state index contributed by atoms with van der Waals surface area (Å²) in [5.41, 5.74) is 1.88. The van der Waals surface area contributed by atoms with Crippen molar-refractivity contribution in [2.75, 3.05) is 14.2 Å². The number of benzene rings is 3. The van der Waals surface area contributed by atoms with E-state index in [9.17, 15) is 24.3 Å². The number of hydrogen-bond acceptors (Lipinski definition) is 6. The minimum absolute atomic E-state index is 0.00598. The van der Waals surface area contributed by atoms with Gasteiger partial charge < -0.3 is 9.84 Å². The number of carbonyl (C=O) groups is 4. The number of Topliss-reactive ketones (excluding diaryl/α,β-unsaturated/α-hetero) is 1. The van der Waals surface area contributed by atoms with Gasteiger partial charge in [-0.2, -0.15) is 0 Å². The van der Waals surface area contributed by atoms with E-state index in [2.05, 4.69) is 0 Å². The summed E-state index contributed by atoms with van der Waals surface area (Å²) >= 11 is 0. The van der Waals surface area contributed by atoms with Gasteiger partial charge in [-0.1, -0.05) is 78.4 Å². The zero-order valence-electron chi connectivity index (χ0n) is 23.9. The lowest BCUT2D eigenvalue weighted by Crippen LogP contribution is -2.58. The van der Waals surface area contributed by atoms with Crippen LogP contribution in [0.15, 0.2) is 96.6 Å². The van der Waals surface area contributed by atoms with Crippen LogP contribution in [0.4, 0.5) is 0 Å². The number of nitrogens with zero attached hydrogens (tertiary/aromatic N) is 1. The van der Waals surface area contributed by atoms with Gasteiger partial charge in [-0.15, -0.1) is 0 Å². The molecule has 0 radical (unpaired) electrons. The number of likely N-dealkylation sites (tertiary alicyclic amines) is 1. The Kier molecular flexibility index (Phi) is 6.24. The Hall–Kier alpha value is -4.78. The van der Waals surface area contributed by atoms with E-state index >= 15 is 0 Å². The summed E-state index contributed by atoms with van der Waals surface area (Å²) in [6.45, 7) is 0. The van der Waals surface area contributed by atoms with Crippen molar-refractivity contribution >= 4 is 29.0 Å². The lowest BCUT2D eigenvalue weighted by molar-refractivity contribution is -0.139. The SMILES string of the molecule is COc1cc(O)ccc1[C@H]1C2=CC[C@@H]3C(=O)N(C)C(=O)[C@@H]3[C@@H]2C[C@H]2C(=O)C(c3ccccc3)=CC(=O)[C@@]12c1ccccc1. The molecule has 0 unspecified atom stereocenters. The molecule has 216 valence electrons. The van der Waals surface area contributed by atoms with Gasteiger partial charge in [-0.05, 0) is 42.0 Å². The van der Waals surface area contributed by atoms with Crippen molar-refractivity contribution in [3.05, 3.63) is 113 Å². The smallest absolute Gasteiger partial charge is 0.233 e. The summed E-state index contributed by atoms with van der Waals surface area (Å²) < 4.78 is 5.79. The van der Waals surface area contributed by atoms with Crippen molar-refractivity contribution in [2.45, 2.75) is 24.2 Å². The highest BCUT2D eigenvalue weighted by Crippen LogP contribution is 2.64. The minimum atomic E-state index is -1.34. The summed E-state index contributed by atoms with van der Waals surface area (Å²) in [7, 11) is 3.03. The molecule has 0 bridgehead atoms. The highest BCUT2D eigenvalue weighted by molar-refractivity contribution is 6.31. The molecular formula is C36H31NO6. The van der Waals surface area contributed by atoms with Gasteiger partial charge in [0.2, 0.25) is 11.8 Å². The van der Waals surface area contributed by atoms with Crippen LogP contribution in [0.3, 0.4) is 0 Å². The molecule has 0 spiro atoms. The van der Waals surface area contributed by atoms with Crippen LogP contribution in [-0.2, 0) is 24.6 Å². The second-order valence-corrected chi connectivity index (χ2v) is 11.9. The van der Waals surface area contributed by atoms with Crippen molar-refractivity contribution in [3.8, 4) is 11.5 Å². The van der Waals surface area contributed by atoms with E-state index in [1.54, 1.807) is 12.1 Å². The molecule has 1 heterocycles. The number of ether oxygens (including phenoxy) is 1. The Balaban J connectivity index is 1.55. The van der Waals surface area contributed by atoms with Crippen LogP contribution in [0, 0.1) is 23.7 Å². The first kappa shape index (κ1) is 27.1. The number of allylic oxidation sites excluding steroid dienone is 4. The third-order valence-electron chi connectivity index (χ3n) is 10.1. The molecule has 1 saturated heterocycles. The average molecular weight is 574 g/mol. The molecule has 3 aliphatic carbocycles. The maximum atomic E-state index is 14.9. The Morgan fingerprint density at radius 2 is 1.58 bits per heavy atom. The maximum Gasteiger partial charge on any atom is 0.233 e. The fourth-order valence-electron chi connectivity index (χ4n) is 8.31. The zero-order valence-corrected chi connectivity index (χ0v) is 23.9. The molecule has 6 atom stereocenters. The van der Waals surface area contributed by atoms with Crippen molar-refractivity contribution < 1.29 is 29.0 Å². The number of amides is 2. The zero-order chi connectivity index (χ0) is 30.0. The van der Waals surface area contributed by atoms with Crippen molar-refractivity contribution in [1.29, 1.82) is 0 Å². The van der Waals surface area contributed by atoms with Crippen LogP contribution in [0.5, 0.6) is 11.5 Å². The summed E-state index contributed by atoms with van der Waals surface area (Å²) in [5.74, 6) is -3.49. The van der Waals surface area contributed by atoms with E-state index < -0.39 is 35.0 Å². The van der Waals surface area contributed by atoms with Crippen LogP contribution in [0.2, 0.25) is 0 Å². The van der Waals surface area contributed by atoms with E-state index in [0.717, 1.165) is 5.57 Å². The first-order valence-corrected chi connectivity index (χ1v) is 14.6. The summed E-state index contributed by atoms with van der Waals surface area (Å²) in [6.07, 6.45) is 4.12. The van der Waals surface area contributed by atoms with Gasteiger partial charge >= 0.3 is 0 Å². The predicted molar refractivity (Wildman–Crippen MR) is 159 cm³/mol. The number of ketones is 2. The standard InChI is InChI=1S/C36H31NO6/c1-37-34(41)25-16-15-23-27(31(25)35(37)42)18-28-33(40)26(20-9-5-3-6-10-20)19-30(39)36(28,21-11-7-4-8-12-21)32(23)24-14-13-22(38)17-29(24)43-2/h3-15,17,19,25,27-28,31-32,38H,16,18H2,1-2H3/t25-,27+,28-,31-,32+,36-/m0/s1. The van der Waals surface area contributed by atoms with E-state index in [4.69, 9.17) is 4.74 Å². The molecule has 43 heavy (non-hydrogen) atoms. The fourth-order valence-corrected chi connectivity index (χ4v) is 8.31. The third kappa shape index (κ3) is 3.73. The first-order valence-electron chi connectivity index (χ1n) is 14.6. The van der Waals surface area contributed by atoms with E-state index in [1.165, 1.54) is 31.2 Å². The number of imide groups is 1. The Bertz CT molecular complexity index is 1740. The lowest BCUT2D eigenvalue weighted by Gasteiger charge is -2.55. The first-order chi connectivity index (χ1) is 20.8. The number of fused-ring (bicyclic) bond motifs is 4. The molecule has 7 nitrogen and oxygen atoms in total. The van der Waals surface area contributed by atoms with Gasteiger partial charge in [0.1, 0.15) is 11.5 Å². The Morgan fingerprint density at radius 1 is 0.884 bits per heavy atom. The van der Waals surface area contributed by atoms with Crippen LogP contribution < -0.4 is 4.74 Å². The molecule has 4 aliphatic rings. The molecule has 1 saturated carbocycles. The second kappa shape index (κ2) is 9.90. The molecule has 1 aliphatic heterocycles. The highest BCUT2D eigenvalue weighted by Gasteiger charge is 2.66. The van der Waals surface area contributed by atoms with E-state index in [-0.39, 0.29) is 35.6 Å². The summed E-state index contributed by atoms with van der Waals surface area (Å²) in [6, 6.07) is 23.4. The largest absolute Gasteiger partial charge is 0.508 e. The quantitative estimate of drug-likeness (QED) is 0.354. The maximum absolute atomic E-state index is 14.9. The third-order valence-corrected chi connectivity index (χ3v) is 10.1. The molecule has 1 N–H and O–H groups in total. The normalized spacial score (nSPS) is 29.8. The number of phenols is 1. The van der Waals surface area contributed by atoms with Crippen molar-refractivity contribution in [2.24, 2.45) is 23.7 Å². The molecule has 3 aromatic carbocycles. The molecule has 2 fully saturated rings. The lowest BCUT2D eigenvalue weighted by atomic mass is 9.44. The Morgan fingerprint density at radius 3 is 2.28 bits per heavy atom. The number of aromatic hydroxyl groups is 1. The fraction of sp³-hybridized carbons (Fsp3) is 0.278. The van der Waals surface area contributed by atoms with Gasteiger partial charge in [0.05, 0.1) is 24.4 Å². The van der Waals surface area contributed by atoms with E-state index in [1.807, 2.05) is 66.7 Å². The molecule has 3 aromatic rings. The molecule has 7 heteroatoms. The van der Waals surface area contributed by atoms with Crippen molar-refractivity contribution in [3.63, 3.8) is 0 Å². The highest BCUT2D eigenvalue weighted by atomic mass is 16.5. The Labute approximate surface area is 249 Å². The number of phenolic OH excluding ortho intramolecular Hbond substituents is 1.